The van der Waals surface area contributed by atoms with Gasteiger partial charge in [-0.25, -0.2) is 0 Å². The van der Waals surface area contributed by atoms with Crippen molar-refractivity contribution in [2.75, 3.05) is 10.2 Å². The maximum absolute atomic E-state index is 6.59. The maximum atomic E-state index is 6.59. The quantitative estimate of drug-likeness (QED) is 0.266. The highest BCUT2D eigenvalue weighted by Crippen LogP contribution is 2.64. The number of hydrogen-bond donors (Lipinski definition) is 1. The van der Waals surface area contributed by atoms with Crippen LogP contribution in [0.25, 0.3) is 22.3 Å². The highest BCUT2D eigenvalue weighted by atomic mass is 16.5. The number of hydrogen-bond acceptors (Lipinski definition) is 3. The Hall–Kier alpha value is -4.76. The van der Waals surface area contributed by atoms with Gasteiger partial charge in [-0.15, -0.1) is 0 Å². The van der Waals surface area contributed by atoms with Crippen molar-refractivity contribution in [3.05, 3.63) is 137 Å². The van der Waals surface area contributed by atoms with Gasteiger partial charge in [0.25, 0.3) is 0 Å². The van der Waals surface area contributed by atoms with Crippen LogP contribution in [0.5, 0.6) is 11.5 Å². The van der Waals surface area contributed by atoms with Crippen LogP contribution in [0.4, 0.5) is 17.1 Å². The molecule has 43 heavy (non-hydrogen) atoms. The second-order valence-corrected chi connectivity index (χ2v) is 12.6. The van der Waals surface area contributed by atoms with Crippen molar-refractivity contribution in [1.29, 1.82) is 0 Å². The minimum atomic E-state index is -0.240. The molecule has 3 heteroatoms. The fraction of sp³-hybridized carbons (Fsp3) is 0.200. The molecule has 0 saturated carbocycles. The monoisotopic (exact) mass is 556 g/mol. The van der Waals surface area contributed by atoms with Gasteiger partial charge in [0, 0.05) is 0 Å². The van der Waals surface area contributed by atoms with Crippen LogP contribution < -0.4 is 15.0 Å². The summed E-state index contributed by atoms with van der Waals surface area (Å²) in [7, 11) is 0. The zero-order chi connectivity index (χ0) is 28.3. The fourth-order valence-corrected chi connectivity index (χ4v) is 8.87. The van der Waals surface area contributed by atoms with E-state index in [2.05, 4.69) is 120 Å². The summed E-state index contributed by atoms with van der Waals surface area (Å²) in [6.07, 6.45) is 15.3. The van der Waals surface area contributed by atoms with E-state index in [1.54, 1.807) is 0 Å². The van der Waals surface area contributed by atoms with Crippen LogP contribution in [0.15, 0.2) is 114 Å². The summed E-state index contributed by atoms with van der Waals surface area (Å²) in [6, 6.07) is 29.5. The largest absolute Gasteiger partial charge is 0.453 e. The van der Waals surface area contributed by atoms with Gasteiger partial charge in [0.15, 0.2) is 11.5 Å². The van der Waals surface area contributed by atoms with Crippen LogP contribution in [0.1, 0.15) is 61.3 Å². The van der Waals surface area contributed by atoms with Crippen molar-refractivity contribution in [3.8, 4) is 22.6 Å². The van der Waals surface area contributed by atoms with Gasteiger partial charge in [-0.2, -0.15) is 0 Å². The van der Waals surface area contributed by atoms with Crippen LogP contribution in [-0.2, 0) is 5.41 Å². The third-order valence-electron chi connectivity index (χ3n) is 10.6. The smallest absolute Gasteiger partial charge is 0.153 e. The van der Waals surface area contributed by atoms with E-state index in [0.717, 1.165) is 60.7 Å². The summed E-state index contributed by atoms with van der Waals surface area (Å²) >= 11 is 0. The Morgan fingerprint density at radius 3 is 2.33 bits per heavy atom. The van der Waals surface area contributed by atoms with E-state index in [1.807, 2.05) is 0 Å². The zero-order valence-corrected chi connectivity index (χ0v) is 24.3. The maximum Gasteiger partial charge on any atom is 0.153 e. The van der Waals surface area contributed by atoms with Crippen LogP contribution in [0.2, 0.25) is 0 Å². The van der Waals surface area contributed by atoms with E-state index in [-0.39, 0.29) is 11.6 Å². The first-order chi connectivity index (χ1) is 21.3. The van der Waals surface area contributed by atoms with E-state index >= 15 is 0 Å². The lowest BCUT2D eigenvalue weighted by Crippen LogP contribution is -2.32. The van der Waals surface area contributed by atoms with E-state index < -0.39 is 0 Å². The molecule has 3 nitrogen and oxygen atoms in total. The predicted molar refractivity (Wildman–Crippen MR) is 176 cm³/mol. The van der Waals surface area contributed by atoms with Crippen molar-refractivity contribution in [3.63, 3.8) is 0 Å². The van der Waals surface area contributed by atoms with Crippen LogP contribution in [-0.4, -0.2) is 6.17 Å². The molecule has 4 aromatic carbocycles. The normalized spacial score (nSPS) is 23.0. The number of benzene rings is 4. The Morgan fingerprint density at radius 2 is 1.51 bits per heavy atom. The highest BCUT2D eigenvalue weighted by Gasteiger charge is 2.53. The van der Waals surface area contributed by atoms with Gasteiger partial charge in [0.2, 0.25) is 0 Å². The first kappa shape index (κ1) is 23.8. The van der Waals surface area contributed by atoms with Gasteiger partial charge >= 0.3 is 0 Å². The third kappa shape index (κ3) is 2.90. The molecule has 4 aliphatic carbocycles. The molecule has 208 valence electrons. The minimum absolute atomic E-state index is 0.225. The number of rotatable bonds is 2. The first-order valence-electron chi connectivity index (χ1n) is 15.8. The Labute approximate surface area is 252 Å². The number of nitrogens with one attached hydrogen (secondary N) is 1. The molecule has 0 aromatic heterocycles. The van der Waals surface area contributed by atoms with Gasteiger partial charge < -0.3 is 15.0 Å². The SMILES string of the molecule is CCC1Nc2cccc3c2N1c1ccc(-c2ccc4c(c2)C2(C5=C(CCC=C5)c5ccccc52)C2=C4CCC=C2)cc1O3. The molecule has 0 fully saturated rings. The van der Waals surface area contributed by atoms with E-state index in [0.29, 0.717) is 0 Å². The zero-order valence-electron chi connectivity index (χ0n) is 24.3. The van der Waals surface area contributed by atoms with Gasteiger partial charge in [0.1, 0.15) is 11.9 Å². The molecule has 0 radical (unpaired) electrons. The molecular weight excluding hydrogens is 524 g/mol. The molecule has 2 atom stereocenters. The number of fused-ring (bicyclic) bond motifs is 10. The molecule has 6 aliphatic rings. The number of nitrogens with zero attached hydrogens (tertiary/aromatic N) is 1. The van der Waals surface area contributed by atoms with E-state index in [9.17, 15) is 0 Å². The molecule has 1 spiro atoms. The summed E-state index contributed by atoms with van der Waals surface area (Å²) in [5.74, 6) is 1.85. The molecular formula is C40H32N2O. The van der Waals surface area contributed by atoms with Crippen LogP contribution >= 0.6 is 0 Å². The summed E-state index contributed by atoms with van der Waals surface area (Å²) in [5.41, 5.74) is 17.4. The van der Waals surface area contributed by atoms with Gasteiger partial charge in [-0.1, -0.05) is 79.8 Å². The molecule has 2 unspecified atom stereocenters. The molecule has 4 aromatic rings. The molecule has 0 bridgehead atoms. The molecule has 10 rings (SSSR count). The average Bonchev–Trinajstić information content (AvgIpc) is 3.69. The number of para-hydroxylation sites is 1. The summed E-state index contributed by atoms with van der Waals surface area (Å²) in [5, 5.41) is 3.69. The van der Waals surface area contributed by atoms with Crippen molar-refractivity contribution in [2.45, 2.75) is 50.6 Å². The lowest BCUT2D eigenvalue weighted by Gasteiger charge is -2.34. The summed E-state index contributed by atoms with van der Waals surface area (Å²) in [6.45, 7) is 2.24. The highest BCUT2D eigenvalue weighted by molar-refractivity contribution is 5.98. The number of allylic oxidation sites excluding steroid dienone is 8. The molecule has 2 aliphatic heterocycles. The molecule has 2 heterocycles. The fourth-order valence-electron chi connectivity index (χ4n) is 8.87. The number of anilines is 3. The second-order valence-electron chi connectivity index (χ2n) is 12.6. The van der Waals surface area contributed by atoms with E-state index in [1.165, 1.54) is 55.7 Å². The average molecular weight is 557 g/mol. The Kier molecular flexibility index (Phi) is 4.65. The topological polar surface area (TPSA) is 24.5 Å². The predicted octanol–water partition coefficient (Wildman–Crippen LogP) is 10.3. The standard InChI is InChI=1S/C40H32N2O/c1-2-38-41-34-16-9-17-36-39(34)42(38)35-21-19-25(23-37(35)43-36)24-18-20-29-28-12-5-8-15-32(28)40(33(29)22-24)30-13-6-3-10-26(30)27-11-4-7-14-31(27)40/h3,6-10,13-23,38,41H,2,4-5,11-12H2,1H3. The molecule has 1 N–H and O–H groups in total. The van der Waals surface area contributed by atoms with Gasteiger partial charge in [-0.3, -0.25) is 0 Å². The minimum Gasteiger partial charge on any atom is -0.453 e. The Balaban J connectivity index is 1.16. The van der Waals surface area contributed by atoms with Crippen LogP contribution in [0.3, 0.4) is 0 Å². The Morgan fingerprint density at radius 1 is 0.767 bits per heavy atom. The van der Waals surface area contributed by atoms with Crippen molar-refractivity contribution >= 4 is 28.2 Å². The summed E-state index contributed by atoms with van der Waals surface area (Å²) in [4.78, 5) is 2.42. The van der Waals surface area contributed by atoms with E-state index in [4.69, 9.17) is 4.74 Å². The molecule has 0 amide bonds. The van der Waals surface area contributed by atoms with Crippen molar-refractivity contribution in [2.24, 2.45) is 0 Å². The van der Waals surface area contributed by atoms with Crippen LogP contribution in [0, 0.1) is 0 Å². The van der Waals surface area contributed by atoms with Crippen molar-refractivity contribution in [1.82, 2.24) is 0 Å². The van der Waals surface area contributed by atoms with Gasteiger partial charge in [-0.05, 0) is 118 Å². The lowest BCUT2D eigenvalue weighted by molar-refractivity contribution is 0.472. The van der Waals surface area contributed by atoms with Gasteiger partial charge in [0.05, 0.1) is 16.8 Å². The third-order valence-corrected chi connectivity index (χ3v) is 10.6. The lowest BCUT2D eigenvalue weighted by atomic mass is 9.67. The second kappa shape index (κ2) is 8.41. The molecule has 0 saturated heterocycles. The van der Waals surface area contributed by atoms with Crippen molar-refractivity contribution < 1.29 is 4.74 Å². The summed E-state index contributed by atoms with van der Waals surface area (Å²) < 4.78 is 6.59. The Bertz CT molecular complexity index is 2030. The first-order valence-corrected chi connectivity index (χ1v) is 15.8. The number of ether oxygens (including phenoxy) is 1.